The second-order valence-electron chi connectivity index (χ2n) is 7.91. The molecule has 0 aliphatic rings. The third kappa shape index (κ3) is 5.47. The van der Waals surface area contributed by atoms with Gasteiger partial charge in [0, 0.05) is 16.2 Å². The Morgan fingerprint density at radius 3 is 1.62 bits per heavy atom. The van der Waals surface area contributed by atoms with Gasteiger partial charge in [0.1, 0.15) is 17.3 Å². The Balaban J connectivity index is 1.82. The Hall–Kier alpha value is -3.62. The molecule has 1 N–H and O–H groups in total. The maximum atomic E-state index is 5.39. The van der Waals surface area contributed by atoms with E-state index in [1.54, 1.807) is 14.2 Å². The average molecular weight is 469 g/mol. The van der Waals surface area contributed by atoms with Crippen LogP contribution in [-0.4, -0.2) is 20.1 Å². The van der Waals surface area contributed by atoms with Crippen molar-refractivity contribution in [1.82, 2.24) is 5.09 Å². The first-order chi connectivity index (χ1) is 16.6. The summed E-state index contributed by atoms with van der Waals surface area (Å²) in [5.41, 5.74) is 4.33. The lowest BCUT2D eigenvalue weighted by Crippen LogP contribution is -2.29. The number of nitrogens with zero attached hydrogens (tertiary/aromatic N) is 1. The van der Waals surface area contributed by atoms with Gasteiger partial charge in [0.25, 0.3) is 0 Å². The third-order valence-electron chi connectivity index (χ3n) is 5.59. The number of hydrogen-bond donors (Lipinski definition) is 1. The fraction of sp³-hybridized carbons (Fsp3) is 0.138. The number of methoxy groups -OCH3 is 2. The molecule has 0 amide bonds. The molecule has 4 aromatic rings. The molecule has 0 spiro atoms. The number of ether oxygens (including phenoxy) is 2. The molecule has 0 fully saturated rings. The van der Waals surface area contributed by atoms with Crippen LogP contribution in [0.1, 0.15) is 16.7 Å². The fourth-order valence-corrected chi connectivity index (χ4v) is 5.53. The normalized spacial score (nSPS) is 11.4. The van der Waals surface area contributed by atoms with Gasteiger partial charge in [-0.2, -0.15) is 0 Å². The molecule has 0 atom stereocenters. The molecule has 0 saturated carbocycles. The van der Waals surface area contributed by atoms with Crippen LogP contribution >= 0.6 is 8.07 Å². The summed E-state index contributed by atoms with van der Waals surface area (Å²) in [6.45, 7) is 4.20. The first-order valence-corrected chi connectivity index (χ1v) is 12.5. The quantitative estimate of drug-likeness (QED) is 0.204. The van der Waals surface area contributed by atoms with Gasteiger partial charge in [-0.15, -0.1) is 0 Å². The summed E-state index contributed by atoms with van der Waals surface area (Å²) in [5, 5.41) is 6.16. The van der Waals surface area contributed by atoms with Crippen LogP contribution in [0.25, 0.3) is 0 Å². The molecule has 0 aromatic heterocycles. The number of amidine groups is 1. The Morgan fingerprint density at radius 2 is 1.15 bits per heavy atom. The minimum atomic E-state index is -0.956. The second-order valence-corrected chi connectivity index (χ2v) is 9.84. The lowest BCUT2D eigenvalue weighted by atomic mass is 10.1. The Labute approximate surface area is 203 Å². The molecule has 0 saturated heterocycles. The van der Waals surface area contributed by atoms with Crippen molar-refractivity contribution in [3.8, 4) is 11.5 Å². The van der Waals surface area contributed by atoms with Crippen molar-refractivity contribution in [1.29, 1.82) is 0 Å². The summed E-state index contributed by atoms with van der Waals surface area (Å²) in [6, 6.07) is 33.0. The number of benzene rings is 4. The van der Waals surface area contributed by atoms with Crippen molar-refractivity contribution in [3.05, 3.63) is 114 Å². The van der Waals surface area contributed by atoms with E-state index in [-0.39, 0.29) is 0 Å². The minimum absolute atomic E-state index is 0.834. The van der Waals surface area contributed by atoms with Crippen LogP contribution in [0.15, 0.2) is 102 Å². The van der Waals surface area contributed by atoms with Crippen molar-refractivity contribution in [2.45, 2.75) is 13.8 Å². The van der Waals surface area contributed by atoms with Crippen LogP contribution in [0, 0.1) is 13.8 Å². The summed E-state index contributed by atoms with van der Waals surface area (Å²) in [4.78, 5) is 5.16. The average Bonchev–Trinajstić information content (AvgIpc) is 2.89. The lowest BCUT2D eigenvalue weighted by Gasteiger charge is -2.23. The van der Waals surface area contributed by atoms with E-state index in [1.165, 1.54) is 10.6 Å². The Kier molecular flexibility index (Phi) is 7.61. The number of para-hydroxylation sites is 1. The van der Waals surface area contributed by atoms with Gasteiger partial charge in [-0.25, -0.2) is 4.99 Å². The van der Waals surface area contributed by atoms with Gasteiger partial charge in [0.15, 0.2) is 0 Å². The van der Waals surface area contributed by atoms with E-state index >= 15 is 0 Å². The molecule has 172 valence electrons. The summed E-state index contributed by atoms with van der Waals surface area (Å²) < 4.78 is 10.8. The van der Waals surface area contributed by atoms with E-state index in [9.17, 15) is 0 Å². The molecule has 0 bridgehead atoms. The predicted molar refractivity (Wildman–Crippen MR) is 144 cm³/mol. The molecule has 0 heterocycles. The standard InChI is InChI=1S/C29H29N2O2P/c1-21-9-8-10-22(2)28(21)30-29(23-11-6-5-7-12-23)31-34(26-17-13-24(32-3)14-18-26)27-19-15-25(33-4)16-20-27/h5-20H,1-4H3,(H,30,31). The second kappa shape index (κ2) is 11.0. The van der Waals surface area contributed by atoms with Crippen LogP contribution in [0.5, 0.6) is 11.5 Å². The van der Waals surface area contributed by atoms with E-state index in [0.717, 1.165) is 39.7 Å². The van der Waals surface area contributed by atoms with Gasteiger partial charge in [-0.05, 0) is 73.5 Å². The van der Waals surface area contributed by atoms with E-state index in [1.807, 2.05) is 42.5 Å². The molecular weight excluding hydrogens is 439 g/mol. The summed E-state index contributed by atoms with van der Waals surface area (Å²) in [5.74, 6) is 2.51. The topological polar surface area (TPSA) is 42.8 Å². The highest BCUT2D eigenvalue weighted by molar-refractivity contribution is 7.71. The number of aryl methyl sites for hydroxylation is 2. The molecule has 0 aliphatic heterocycles. The highest BCUT2D eigenvalue weighted by Gasteiger charge is 2.18. The third-order valence-corrected chi connectivity index (χ3v) is 7.65. The highest BCUT2D eigenvalue weighted by Crippen LogP contribution is 2.32. The van der Waals surface area contributed by atoms with Gasteiger partial charge in [0.2, 0.25) is 0 Å². The van der Waals surface area contributed by atoms with E-state index in [0.29, 0.717) is 0 Å². The smallest absolute Gasteiger partial charge is 0.137 e. The number of aliphatic imine (C=N–C) groups is 1. The van der Waals surface area contributed by atoms with Crippen molar-refractivity contribution in [2.75, 3.05) is 14.2 Å². The minimum Gasteiger partial charge on any atom is -0.497 e. The molecule has 0 aliphatic carbocycles. The predicted octanol–water partition coefficient (Wildman–Crippen LogP) is 6.04. The Bertz CT molecular complexity index is 1190. The molecule has 4 rings (SSSR count). The molecule has 4 nitrogen and oxygen atoms in total. The van der Waals surface area contributed by atoms with Crippen molar-refractivity contribution >= 4 is 30.2 Å². The van der Waals surface area contributed by atoms with E-state index in [4.69, 9.17) is 14.5 Å². The first-order valence-electron chi connectivity index (χ1n) is 11.1. The van der Waals surface area contributed by atoms with Gasteiger partial charge < -0.3 is 14.6 Å². The SMILES string of the molecule is COc1ccc(P(NC(=Nc2c(C)cccc2C)c2ccccc2)c2ccc(OC)cc2)cc1. The van der Waals surface area contributed by atoms with Crippen molar-refractivity contribution in [3.63, 3.8) is 0 Å². The summed E-state index contributed by atoms with van der Waals surface area (Å²) in [6.07, 6.45) is 0. The van der Waals surface area contributed by atoms with Crippen LogP contribution < -0.4 is 25.2 Å². The monoisotopic (exact) mass is 468 g/mol. The fourth-order valence-electron chi connectivity index (χ4n) is 3.69. The van der Waals surface area contributed by atoms with Crippen LogP contribution in [0.3, 0.4) is 0 Å². The van der Waals surface area contributed by atoms with Crippen LogP contribution in [0.2, 0.25) is 0 Å². The maximum absolute atomic E-state index is 5.39. The number of nitrogens with one attached hydrogen (secondary N) is 1. The zero-order valence-electron chi connectivity index (χ0n) is 19.9. The van der Waals surface area contributed by atoms with Crippen molar-refractivity contribution in [2.24, 2.45) is 4.99 Å². The molecular formula is C29H29N2O2P. The number of rotatable bonds is 7. The van der Waals surface area contributed by atoms with Gasteiger partial charge >= 0.3 is 0 Å². The zero-order valence-corrected chi connectivity index (χ0v) is 20.8. The largest absolute Gasteiger partial charge is 0.497 e. The lowest BCUT2D eigenvalue weighted by molar-refractivity contribution is 0.415. The van der Waals surface area contributed by atoms with Gasteiger partial charge in [-0.3, -0.25) is 0 Å². The van der Waals surface area contributed by atoms with Crippen molar-refractivity contribution < 1.29 is 9.47 Å². The molecule has 4 aromatic carbocycles. The molecule has 0 unspecified atom stereocenters. The summed E-state index contributed by atoms with van der Waals surface area (Å²) in [7, 11) is 2.41. The van der Waals surface area contributed by atoms with Crippen LogP contribution in [0.4, 0.5) is 5.69 Å². The number of hydrogen-bond acceptors (Lipinski definition) is 3. The van der Waals surface area contributed by atoms with E-state index in [2.05, 4.69) is 73.5 Å². The first kappa shape index (κ1) is 23.5. The Morgan fingerprint density at radius 1 is 0.647 bits per heavy atom. The molecule has 0 radical (unpaired) electrons. The molecule has 5 heteroatoms. The van der Waals surface area contributed by atoms with Gasteiger partial charge in [0.05, 0.1) is 28.0 Å². The molecule has 34 heavy (non-hydrogen) atoms. The van der Waals surface area contributed by atoms with Gasteiger partial charge in [-0.1, -0.05) is 48.5 Å². The van der Waals surface area contributed by atoms with E-state index < -0.39 is 8.07 Å². The summed E-state index contributed by atoms with van der Waals surface area (Å²) >= 11 is 0. The zero-order chi connectivity index (χ0) is 23.9. The highest BCUT2D eigenvalue weighted by atomic mass is 31.1. The maximum Gasteiger partial charge on any atom is 0.137 e. The van der Waals surface area contributed by atoms with Crippen LogP contribution in [-0.2, 0) is 0 Å².